The van der Waals surface area contributed by atoms with Gasteiger partial charge in [-0.05, 0) is 41.4 Å². The molecule has 17 heteroatoms. The zero-order valence-electron chi connectivity index (χ0n) is 31.4. The summed E-state index contributed by atoms with van der Waals surface area (Å²) in [6.45, 7) is 20.4. The number of carbonyl (C=O) groups excluding carboxylic acids is 4. The smallest absolute Gasteiger partial charge is 0.365 e. The lowest BCUT2D eigenvalue weighted by Crippen LogP contribution is -2.64. The molecule has 0 spiro atoms. The Labute approximate surface area is 300 Å². The third-order valence-electron chi connectivity index (χ3n) is 9.47. The highest BCUT2D eigenvalue weighted by atomic mass is 32.2. The highest BCUT2D eigenvalue weighted by Crippen LogP contribution is 2.40. The highest BCUT2D eigenvalue weighted by molar-refractivity contribution is 7.89. The van der Waals surface area contributed by atoms with E-state index in [-0.39, 0.29) is 25.4 Å². The summed E-state index contributed by atoms with van der Waals surface area (Å²) in [5, 5.41) is 21.9. The predicted octanol–water partition coefficient (Wildman–Crippen LogP) is 2.27. The van der Waals surface area contributed by atoms with Gasteiger partial charge in [-0.2, -0.15) is 13.2 Å². The number of amides is 3. The Hall–Kier alpha value is -2.60. The number of nitrogens with one attached hydrogen (secondary N) is 4. The first-order valence-corrected chi connectivity index (χ1v) is 19.0. The number of carbonyl (C=O) groups is 4. The van der Waals surface area contributed by atoms with Crippen molar-refractivity contribution in [2.75, 3.05) is 31.9 Å². The standard InChI is InChI=1S/C34H59F3N6O7S/c1-11-16-38-28(46)25(44)22(13-15-34(35,36)37)39-27(45)24-21(31(2,3)4)14-18-43(24)29(47)26(33(8,9)10)41-30(48)40-23(32(5,6)7)20-42-17-12-19-51(42,49)50/h11,21-24,26,30,40-41,48H,1,12-20H2,2-10H3,(H,38,46)(H,39,45)/t21-,22?,23+,24-,26+,30?/m0/s1. The molecule has 2 aliphatic rings. The predicted molar refractivity (Wildman–Crippen MR) is 187 cm³/mol. The van der Waals surface area contributed by atoms with Crippen molar-refractivity contribution in [1.29, 1.82) is 0 Å². The monoisotopic (exact) mass is 752 g/mol. The van der Waals surface area contributed by atoms with Crippen LogP contribution < -0.4 is 21.3 Å². The summed E-state index contributed by atoms with van der Waals surface area (Å²) in [5.41, 5.74) is -1.92. The van der Waals surface area contributed by atoms with Crippen molar-refractivity contribution >= 4 is 33.5 Å². The van der Waals surface area contributed by atoms with Crippen LogP contribution in [0.2, 0.25) is 0 Å². The summed E-state index contributed by atoms with van der Waals surface area (Å²) in [6, 6.07) is -4.65. The molecule has 0 radical (unpaired) electrons. The van der Waals surface area contributed by atoms with E-state index in [1.807, 2.05) is 41.5 Å². The van der Waals surface area contributed by atoms with Gasteiger partial charge in [-0.25, -0.2) is 12.7 Å². The second-order valence-corrected chi connectivity index (χ2v) is 18.9. The Morgan fingerprint density at radius 2 is 1.57 bits per heavy atom. The van der Waals surface area contributed by atoms with Gasteiger partial charge in [-0.3, -0.25) is 29.8 Å². The molecule has 6 atom stereocenters. The fourth-order valence-corrected chi connectivity index (χ4v) is 7.98. The number of sulfonamides is 1. The summed E-state index contributed by atoms with van der Waals surface area (Å²) in [4.78, 5) is 55.2. The van der Waals surface area contributed by atoms with Crippen molar-refractivity contribution in [2.24, 2.45) is 22.2 Å². The molecule has 0 aromatic heterocycles. The maximum Gasteiger partial charge on any atom is 0.389 e. The highest BCUT2D eigenvalue weighted by Gasteiger charge is 2.50. The molecule has 0 aliphatic carbocycles. The van der Waals surface area contributed by atoms with Crippen LogP contribution in [-0.2, 0) is 29.2 Å². The molecule has 13 nitrogen and oxygen atoms in total. The first kappa shape index (κ1) is 44.6. The van der Waals surface area contributed by atoms with Crippen LogP contribution in [0.1, 0.15) is 88.0 Å². The second-order valence-electron chi connectivity index (χ2n) is 16.8. The van der Waals surface area contributed by atoms with Crippen LogP contribution in [0.3, 0.4) is 0 Å². The molecule has 2 saturated heterocycles. The van der Waals surface area contributed by atoms with E-state index >= 15 is 0 Å². The number of alkyl halides is 3. The minimum atomic E-state index is -4.67. The van der Waals surface area contributed by atoms with Gasteiger partial charge in [0.1, 0.15) is 6.04 Å². The molecule has 294 valence electrons. The molecule has 0 saturated carbocycles. The van der Waals surface area contributed by atoms with Crippen molar-refractivity contribution in [3.63, 3.8) is 0 Å². The zero-order valence-corrected chi connectivity index (χ0v) is 32.3. The van der Waals surface area contributed by atoms with E-state index in [0.29, 0.717) is 19.4 Å². The number of aliphatic hydroxyl groups excluding tert-OH is 1. The summed E-state index contributed by atoms with van der Waals surface area (Å²) in [7, 11) is -3.43. The quantitative estimate of drug-likeness (QED) is 0.0955. The fourth-order valence-electron chi connectivity index (χ4n) is 6.45. The van der Waals surface area contributed by atoms with Gasteiger partial charge in [0.15, 0.2) is 6.35 Å². The van der Waals surface area contributed by atoms with Crippen LogP contribution in [0.4, 0.5) is 13.2 Å². The lowest BCUT2D eigenvalue weighted by atomic mass is 9.75. The molecule has 2 fully saturated rings. The number of Topliss-reactive ketones (excluding diaryl/α,β-unsaturated/α-hetero) is 1. The SMILES string of the molecule is C=CCNC(=O)C(=O)C(CCC(F)(F)F)NC(=O)[C@@H]1[C@@H](C(C)(C)C)CCN1C(=O)[C@@H](NC(O)N[C@H](CN1CCCS1(=O)=O)C(C)(C)C)C(C)(C)C. The van der Waals surface area contributed by atoms with Crippen LogP contribution in [-0.4, -0.2) is 115 Å². The third kappa shape index (κ3) is 12.8. The average molecular weight is 753 g/mol. The Kier molecular flexibility index (Phi) is 14.9. The molecular weight excluding hydrogens is 693 g/mol. The van der Waals surface area contributed by atoms with E-state index in [1.165, 1.54) is 15.3 Å². The first-order valence-electron chi connectivity index (χ1n) is 17.4. The molecule has 2 aliphatic heterocycles. The number of halogens is 3. The van der Waals surface area contributed by atoms with Crippen LogP contribution in [0.5, 0.6) is 0 Å². The van der Waals surface area contributed by atoms with E-state index in [2.05, 4.69) is 27.8 Å². The second kappa shape index (κ2) is 17.0. The van der Waals surface area contributed by atoms with Gasteiger partial charge in [0.2, 0.25) is 27.6 Å². The van der Waals surface area contributed by atoms with Gasteiger partial charge in [0.25, 0.3) is 5.91 Å². The zero-order chi connectivity index (χ0) is 39.3. The minimum Gasteiger partial charge on any atom is -0.365 e. The van der Waals surface area contributed by atoms with Gasteiger partial charge < -0.3 is 20.6 Å². The summed E-state index contributed by atoms with van der Waals surface area (Å²) >= 11 is 0. The van der Waals surface area contributed by atoms with Crippen LogP contribution >= 0.6 is 0 Å². The first-order chi connectivity index (χ1) is 23.1. The maximum absolute atomic E-state index is 14.4. The lowest BCUT2D eigenvalue weighted by molar-refractivity contribution is -0.148. The number of nitrogens with zero attached hydrogens (tertiary/aromatic N) is 2. The Morgan fingerprint density at radius 1 is 0.961 bits per heavy atom. The van der Waals surface area contributed by atoms with Crippen LogP contribution in [0, 0.1) is 22.2 Å². The van der Waals surface area contributed by atoms with E-state index in [1.54, 1.807) is 20.8 Å². The largest absolute Gasteiger partial charge is 0.389 e. The number of hydrogen-bond donors (Lipinski definition) is 5. The van der Waals surface area contributed by atoms with Crippen molar-refractivity contribution in [1.82, 2.24) is 30.5 Å². The summed E-state index contributed by atoms with van der Waals surface area (Å²) in [5.74, 6) is -4.30. The van der Waals surface area contributed by atoms with Gasteiger partial charge in [0.05, 0.1) is 17.8 Å². The molecule has 0 aromatic rings. The van der Waals surface area contributed by atoms with E-state index in [0.717, 1.165) is 0 Å². The Bertz CT molecular complexity index is 1370. The molecule has 0 bridgehead atoms. The summed E-state index contributed by atoms with van der Waals surface area (Å²) in [6.07, 6.45) is -6.32. The van der Waals surface area contributed by atoms with E-state index in [9.17, 15) is 45.9 Å². The molecule has 2 rings (SSSR count). The molecular formula is C34H59F3N6O7S. The lowest BCUT2D eigenvalue weighted by Gasteiger charge is -2.41. The minimum absolute atomic E-state index is 0.0468. The van der Waals surface area contributed by atoms with E-state index < -0.39 is 105 Å². The van der Waals surface area contributed by atoms with Crippen molar-refractivity contribution < 1.29 is 45.9 Å². The number of hydrogen-bond acceptors (Lipinski definition) is 9. The van der Waals surface area contributed by atoms with Gasteiger partial charge in [-0.15, -0.1) is 6.58 Å². The molecule has 51 heavy (non-hydrogen) atoms. The molecule has 2 unspecified atom stereocenters. The van der Waals surface area contributed by atoms with Crippen molar-refractivity contribution in [3.8, 4) is 0 Å². The molecule has 5 N–H and O–H groups in total. The molecule has 3 amide bonds. The number of rotatable bonds is 15. The Morgan fingerprint density at radius 3 is 2.04 bits per heavy atom. The normalized spacial score (nSPS) is 22.6. The molecule has 2 heterocycles. The van der Waals surface area contributed by atoms with Gasteiger partial charge >= 0.3 is 6.18 Å². The van der Waals surface area contributed by atoms with Gasteiger partial charge in [0, 0.05) is 38.6 Å². The number of ketones is 1. The third-order valence-corrected chi connectivity index (χ3v) is 11.4. The van der Waals surface area contributed by atoms with E-state index in [4.69, 9.17) is 0 Å². The number of likely N-dealkylation sites (tertiary alicyclic amines) is 1. The fraction of sp³-hybridized carbons (Fsp3) is 0.824. The topological polar surface area (TPSA) is 177 Å². The average Bonchev–Trinajstić information content (AvgIpc) is 3.57. The Balaban J connectivity index is 2.41. The van der Waals surface area contributed by atoms with Crippen molar-refractivity contribution in [2.45, 2.75) is 125 Å². The van der Waals surface area contributed by atoms with Crippen molar-refractivity contribution in [3.05, 3.63) is 12.7 Å². The van der Waals surface area contributed by atoms with Crippen LogP contribution in [0.25, 0.3) is 0 Å². The maximum atomic E-state index is 14.4. The van der Waals surface area contributed by atoms with Crippen LogP contribution in [0.15, 0.2) is 12.7 Å². The summed E-state index contributed by atoms with van der Waals surface area (Å²) < 4.78 is 66.2. The number of aliphatic hydroxyl groups is 1. The molecule has 0 aromatic carbocycles. The van der Waals surface area contributed by atoms with Gasteiger partial charge in [-0.1, -0.05) is 68.4 Å².